The summed E-state index contributed by atoms with van der Waals surface area (Å²) >= 11 is 7.49. The predicted molar refractivity (Wildman–Crippen MR) is 83.0 cm³/mol. The van der Waals surface area contributed by atoms with Crippen molar-refractivity contribution < 1.29 is 4.79 Å². The van der Waals surface area contributed by atoms with E-state index in [1.165, 1.54) is 0 Å². The molecular formula is C16H13ClOS. The van der Waals surface area contributed by atoms with Gasteiger partial charge in [0.05, 0.1) is 0 Å². The zero-order chi connectivity index (χ0) is 13.7. The minimum absolute atomic E-state index is 0.0318. The largest absolute Gasteiger partial charge is 0.289 e. The van der Waals surface area contributed by atoms with Crippen LogP contribution in [0.15, 0.2) is 59.5 Å². The Labute approximate surface area is 122 Å². The molecule has 0 aliphatic carbocycles. The predicted octanol–water partition coefficient (Wildman–Crippen LogP) is 4.96. The molecule has 0 unspecified atom stereocenters. The zero-order valence-corrected chi connectivity index (χ0v) is 12.0. The van der Waals surface area contributed by atoms with Crippen LogP contribution in [0.3, 0.4) is 0 Å². The average molecular weight is 289 g/mol. The van der Waals surface area contributed by atoms with Gasteiger partial charge in [-0.2, -0.15) is 0 Å². The molecule has 0 aliphatic rings. The summed E-state index contributed by atoms with van der Waals surface area (Å²) in [6.45, 7) is 0. The lowest BCUT2D eigenvalue weighted by Crippen LogP contribution is -1.96. The molecule has 2 aromatic carbocycles. The van der Waals surface area contributed by atoms with E-state index in [2.05, 4.69) is 0 Å². The van der Waals surface area contributed by atoms with Crippen LogP contribution < -0.4 is 0 Å². The summed E-state index contributed by atoms with van der Waals surface area (Å²) in [5.41, 5.74) is 1.65. The van der Waals surface area contributed by atoms with Crippen LogP contribution in [-0.4, -0.2) is 12.0 Å². The fourth-order valence-corrected chi connectivity index (χ4v) is 2.45. The third kappa shape index (κ3) is 3.72. The quantitative estimate of drug-likeness (QED) is 0.449. The van der Waals surface area contributed by atoms with Crippen molar-refractivity contribution in [1.29, 1.82) is 0 Å². The molecule has 0 spiro atoms. The number of benzene rings is 2. The van der Waals surface area contributed by atoms with Crippen molar-refractivity contribution in [3.05, 3.63) is 70.8 Å². The number of hydrogen-bond acceptors (Lipinski definition) is 2. The number of carbonyl (C=O) groups excluding carboxylic acids is 1. The molecule has 0 aromatic heterocycles. The summed E-state index contributed by atoms with van der Waals surface area (Å²) in [4.78, 5) is 13.1. The third-order valence-corrected chi connectivity index (χ3v) is 3.68. The van der Waals surface area contributed by atoms with Crippen molar-refractivity contribution >= 4 is 35.2 Å². The molecule has 3 heteroatoms. The van der Waals surface area contributed by atoms with Crippen molar-refractivity contribution in [2.45, 2.75) is 4.90 Å². The highest BCUT2D eigenvalue weighted by Crippen LogP contribution is 2.24. The highest BCUT2D eigenvalue weighted by molar-refractivity contribution is 7.98. The maximum atomic E-state index is 12.2. The minimum Gasteiger partial charge on any atom is -0.289 e. The Morgan fingerprint density at radius 1 is 1.16 bits per heavy atom. The highest BCUT2D eigenvalue weighted by Gasteiger charge is 2.08. The van der Waals surface area contributed by atoms with Gasteiger partial charge in [-0.25, -0.2) is 0 Å². The van der Waals surface area contributed by atoms with Crippen molar-refractivity contribution in [2.24, 2.45) is 0 Å². The van der Waals surface area contributed by atoms with Gasteiger partial charge >= 0.3 is 0 Å². The van der Waals surface area contributed by atoms with Crippen LogP contribution in [0.5, 0.6) is 0 Å². The lowest BCUT2D eigenvalue weighted by Gasteiger charge is -2.04. The Kier molecular flexibility index (Phi) is 4.83. The first-order chi connectivity index (χ1) is 9.20. The zero-order valence-electron chi connectivity index (χ0n) is 10.5. The number of hydrogen-bond donors (Lipinski definition) is 0. The first kappa shape index (κ1) is 13.9. The fourth-order valence-electron chi connectivity index (χ4n) is 1.70. The Bertz CT molecular complexity index is 605. The second-order valence-electron chi connectivity index (χ2n) is 3.95. The monoisotopic (exact) mass is 288 g/mol. The van der Waals surface area contributed by atoms with Gasteiger partial charge in [0.15, 0.2) is 5.78 Å². The summed E-state index contributed by atoms with van der Waals surface area (Å²) < 4.78 is 0. The van der Waals surface area contributed by atoms with Gasteiger partial charge in [-0.15, -0.1) is 11.8 Å². The summed E-state index contributed by atoms with van der Waals surface area (Å²) in [6, 6.07) is 15.1. The SMILES string of the molecule is CSc1ccc(Cl)cc1C(=O)C=Cc1ccccc1. The van der Waals surface area contributed by atoms with E-state index in [9.17, 15) is 4.79 Å². The fraction of sp³-hybridized carbons (Fsp3) is 0.0625. The molecule has 0 saturated carbocycles. The molecule has 1 nitrogen and oxygen atoms in total. The van der Waals surface area contributed by atoms with Crippen molar-refractivity contribution in [1.82, 2.24) is 0 Å². The summed E-state index contributed by atoms with van der Waals surface area (Å²) in [5.74, 6) is -0.0318. The van der Waals surface area contributed by atoms with Crippen LogP contribution in [0.25, 0.3) is 6.08 Å². The summed E-state index contributed by atoms with van der Waals surface area (Å²) in [7, 11) is 0. The van der Waals surface area contributed by atoms with Gasteiger partial charge in [-0.3, -0.25) is 4.79 Å². The summed E-state index contributed by atoms with van der Waals surface area (Å²) in [6.07, 6.45) is 5.34. The van der Waals surface area contributed by atoms with E-state index in [0.29, 0.717) is 10.6 Å². The maximum absolute atomic E-state index is 12.2. The van der Waals surface area contributed by atoms with Gasteiger partial charge in [0.2, 0.25) is 0 Å². The van der Waals surface area contributed by atoms with Crippen LogP contribution in [0.1, 0.15) is 15.9 Å². The third-order valence-electron chi connectivity index (χ3n) is 2.65. The Balaban J connectivity index is 2.25. The standard InChI is InChI=1S/C16H13ClOS/c1-19-16-10-8-13(17)11-14(16)15(18)9-7-12-5-3-2-4-6-12/h2-11H,1H3. The number of allylic oxidation sites excluding steroid dienone is 1. The van der Waals surface area contributed by atoms with E-state index in [1.54, 1.807) is 30.0 Å². The lowest BCUT2D eigenvalue weighted by atomic mass is 10.1. The average Bonchev–Trinajstić information content (AvgIpc) is 2.46. The number of halogens is 1. The van der Waals surface area contributed by atoms with E-state index in [0.717, 1.165) is 10.5 Å². The first-order valence-electron chi connectivity index (χ1n) is 5.81. The normalized spacial score (nSPS) is 10.8. The Morgan fingerprint density at radius 3 is 2.58 bits per heavy atom. The number of ketones is 1. The van der Waals surface area contributed by atoms with Gasteiger partial charge in [-0.05, 0) is 36.1 Å². The molecule has 0 heterocycles. The molecule has 0 amide bonds. The highest BCUT2D eigenvalue weighted by atomic mass is 35.5. The maximum Gasteiger partial charge on any atom is 0.187 e. The minimum atomic E-state index is -0.0318. The molecule has 2 aromatic rings. The van der Waals surface area contributed by atoms with Gasteiger partial charge in [0.25, 0.3) is 0 Å². The van der Waals surface area contributed by atoms with Gasteiger partial charge in [0, 0.05) is 15.5 Å². The van der Waals surface area contributed by atoms with E-state index in [4.69, 9.17) is 11.6 Å². The molecule has 19 heavy (non-hydrogen) atoms. The van der Waals surface area contributed by atoms with Gasteiger partial charge in [0.1, 0.15) is 0 Å². The van der Waals surface area contributed by atoms with Crippen molar-refractivity contribution in [3.8, 4) is 0 Å². The van der Waals surface area contributed by atoms with E-state index in [-0.39, 0.29) is 5.78 Å². The second kappa shape index (κ2) is 6.60. The molecule has 0 N–H and O–H groups in total. The number of thioether (sulfide) groups is 1. The Hall–Kier alpha value is -1.51. The molecule has 0 fully saturated rings. The molecule has 0 aliphatic heterocycles. The van der Waals surface area contributed by atoms with Gasteiger partial charge in [-0.1, -0.05) is 48.0 Å². The van der Waals surface area contributed by atoms with Crippen molar-refractivity contribution in [2.75, 3.05) is 6.26 Å². The first-order valence-corrected chi connectivity index (χ1v) is 7.42. The summed E-state index contributed by atoms with van der Waals surface area (Å²) in [5, 5.41) is 0.578. The lowest BCUT2D eigenvalue weighted by molar-refractivity contribution is 0.104. The van der Waals surface area contributed by atoms with Crippen molar-refractivity contribution in [3.63, 3.8) is 0 Å². The molecule has 96 valence electrons. The number of carbonyl (C=O) groups is 1. The van der Waals surface area contributed by atoms with Crippen LogP contribution in [0.2, 0.25) is 5.02 Å². The molecule has 0 atom stereocenters. The molecule has 0 bridgehead atoms. The molecule has 0 radical (unpaired) electrons. The molecular weight excluding hydrogens is 276 g/mol. The Morgan fingerprint density at radius 2 is 1.89 bits per heavy atom. The van der Waals surface area contributed by atoms with Crippen LogP contribution in [0, 0.1) is 0 Å². The number of rotatable bonds is 4. The topological polar surface area (TPSA) is 17.1 Å². The van der Waals surface area contributed by atoms with E-state index < -0.39 is 0 Å². The molecule has 2 rings (SSSR count). The second-order valence-corrected chi connectivity index (χ2v) is 5.24. The van der Waals surface area contributed by atoms with E-state index in [1.807, 2.05) is 48.7 Å². The van der Waals surface area contributed by atoms with E-state index >= 15 is 0 Å². The van der Waals surface area contributed by atoms with Crippen LogP contribution in [-0.2, 0) is 0 Å². The van der Waals surface area contributed by atoms with Gasteiger partial charge < -0.3 is 0 Å². The molecule has 0 saturated heterocycles. The van der Waals surface area contributed by atoms with Crippen LogP contribution >= 0.6 is 23.4 Å². The van der Waals surface area contributed by atoms with Crippen LogP contribution in [0.4, 0.5) is 0 Å². The smallest absolute Gasteiger partial charge is 0.187 e.